The van der Waals surface area contributed by atoms with Crippen LogP contribution in [0.4, 0.5) is 0 Å². The van der Waals surface area contributed by atoms with Gasteiger partial charge in [-0.2, -0.15) is 0 Å². The summed E-state index contributed by atoms with van der Waals surface area (Å²) in [5.41, 5.74) is 0.321. The molecule has 3 nitrogen and oxygen atoms in total. The molecule has 0 saturated heterocycles. The van der Waals surface area contributed by atoms with Gasteiger partial charge in [0.05, 0.1) is 9.90 Å². The third-order valence-corrected chi connectivity index (χ3v) is 4.13. The van der Waals surface area contributed by atoms with E-state index < -0.39 is 0 Å². The maximum Gasteiger partial charge on any atom is 0.253 e. The number of carbonyl (C=O) groups is 1. The Morgan fingerprint density at radius 3 is 2.67 bits per heavy atom. The molecule has 1 amide bonds. The third-order valence-electron chi connectivity index (χ3n) is 2.65. The lowest BCUT2D eigenvalue weighted by Gasteiger charge is -2.21. The molecule has 1 aromatic heterocycles. The number of thiophene rings is 1. The Morgan fingerprint density at radius 2 is 2.17 bits per heavy atom. The Labute approximate surface area is 121 Å². The monoisotopic (exact) mass is 309 g/mol. The fourth-order valence-electron chi connectivity index (χ4n) is 1.44. The lowest BCUT2D eigenvalue weighted by Crippen LogP contribution is -2.26. The lowest BCUT2D eigenvalue weighted by atomic mass is 9.89. The van der Waals surface area contributed by atoms with Gasteiger partial charge in [-0.1, -0.05) is 37.0 Å². The van der Waals surface area contributed by atoms with Crippen LogP contribution < -0.4 is 5.32 Å². The number of halogens is 2. The van der Waals surface area contributed by atoms with Crippen LogP contribution in [0, 0.1) is 5.41 Å². The van der Waals surface area contributed by atoms with Gasteiger partial charge in [-0.25, -0.2) is 0 Å². The van der Waals surface area contributed by atoms with Crippen molar-refractivity contribution in [3.8, 4) is 0 Å². The molecule has 0 fully saturated rings. The van der Waals surface area contributed by atoms with Gasteiger partial charge in [-0.3, -0.25) is 4.79 Å². The predicted molar refractivity (Wildman–Crippen MR) is 76.8 cm³/mol. The number of carbonyl (C=O) groups excluding carboxylic acids is 1. The van der Waals surface area contributed by atoms with Crippen LogP contribution in [0.25, 0.3) is 0 Å². The van der Waals surface area contributed by atoms with Crippen molar-refractivity contribution in [3.05, 3.63) is 20.3 Å². The molecule has 0 aliphatic heterocycles. The van der Waals surface area contributed by atoms with E-state index >= 15 is 0 Å². The van der Waals surface area contributed by atoms with E-state index in [9.17, 15) is 4.79 Å². The van der Waals surface area contributed by atoms with Gasteiger partial charge in [0.25, 0.3) is 5.91 Å². The molecule has 0 bridgehead atoms. The smallest absolute Gasteiger partial charge is 0.253 e. The fraction of sp³-hybridized carbons (Fsp3) is 0.583. The number of hydrogen-bond donors (Lipinski definition) is 2. The minimum absolute atomic E-state index is 0.103. The first-order valence-corrected chi connectivity index (χ1v) is 7.27. The van der Waals surface area contributed by atoms with Crippen molar-refractivity contribution in [3.63, 3.8) is 0 Å². The van der Waals surface area contributed by atoms with Crippen molar-refractivity contribution in [2.75, 3.05) is 13.2 Å². The zero-order chi connectivity index (χ0) is 13.8. The number of nitrogens with one attached hydrogen (secondary N) is 1. The van der Waals surface area contributed by atoms with Crippen LogP contribution in [-0.4, -0.2) is 24.2 Å². The molecule has 102 valence electrons. The molecule has 0 spiro atoms. The molecule has 0 aliphatic carbocycles. The molecule has 1 rings (SSSR count). The molecule has 6 heteroatoms. The summed E-state index contributed by atoms with van der Waals surface area (Å²) in [7, 11) is 0. The minimum atomic E-state index is -0.204. The van der Waals surface area contributed by atoms with E-state index in [2.05, 4.69) is 5.32 Å². The first-order valence-electron chi connectivity index (χ1n) is 5.69. The van der Waals surface area contributed by atoms with Gasteiger partial charge in [0.15, 0.2) is 0 Å². The van der Waals surface area contributed by atoms with Crippen LogP contribution in [0.15, 0.2) is 6.07 Å². The van der Waals surface area contributed by atoms with Gasteiger partial charge in [0.1, 0.15) is 4.34 Å². The lowest BCUT2D eigenvalue weighted by molar-refractivity contribution is 0.0949. The maximum absolute atomic E-state index is 11.8. The zero-order valence-corrected chi connectivity index (χ0v) is 12.8. The minimum Gasteiger partial charge on any atom is -0.396 e. The van der Waals surface area contributed by atoms with Crippen molar-refractivity contribution in [1.29, 1.82) is 0 Å². The number of hydrogen-bond acceptors (Lipinski definition) is 3. The molecule has 0 unspecified atom stereocenters. The standard InChI is InChI=1S/C12H17Cl2NO2S/c1-12(2,7-16)4-3-5-15-11(17)8-6-9(13)18-10(8)14/h6,16H,3-5,7H2,1-2H3,(H,15,17). The van der Waals surface area contributed by atoms with Crippen molar-refractivity contribution in [2.45, 2.75) is 26.7 Å². The summed E-state index contributed by atoms with van der Waals surface area (Å²) in [5.74, 6) is -0.204. The molecule has 0 aromatic carbocycles. The van der Waals surface area contributed by atoms with E-state index in [-0.39, 0.29) is 17.9 Å². The maximum atomic E-state index is 11.8. The highest BCUT2D eigenvalue weighted by Crippen LogP contribution is 2.31. The molecule has 1 heterocycles. The molecule has 0 radical (unpaired) electrons. The SMILES string of the molecule is CC(C)(CO)CCCNC(=O)c1cc(Cl)sc1Cl. The van der Waals surface area contributed by atoms with Gasteiger partial charge in [0, 0.05) is 13.2 Å². The zero-order valence-electron chi connectivity index (χ0n) is 10.4. The third kappa shape index (κ3) is 4.76. The average Bonchev–Trinajstić information content (AvgIpc) is 2.64. The molecule has 2 N–H and O–H groups in total. The van der Waals surface area contributed by atoms with Crippen LogP contribution in [0.2, 0.25) is 8.67 Å². The molecule has 0 saturated carbocycles. The molecule has 1 aromatic rings. The predicted octanol–water partition coefficient (Wildman–Crippen LogP) is 3.58. The largest absolute Gasteiger partial charge is 0.396 e. The Hall–Kier alpha value is -0.290. The van der Waals surface area contributed by atoms with E-state index in [0.717, 1.165) is 12.8 Å². The van der Waals surface area contributed by atoms with Crippen molar-refractivity contribution in [2.24, 2.45) is 5.41 Å². The summed E-state index contributed by atoms with van der Waals surface area (Å²) in [5, 5.41) is 11.9. The first kappa shape index (κ1) is 15.8. The molecule has 0 atom stereocenters. The molecular weight excluding hydrogens is 293 g/mol. The second kappa shape index (κ2) is 6.75. The van der Waals surface area contributed by atoms with Crippen LogP contribution >= 0.6 is 34.5 Å². The van der Waals surface area contributed by atoms with E-state index in [0.29, 0.717) is 20.8 Å². The highest BCUT2D eigenvalue weighted by atomic mass is 35.5. The topological polar surface area (TPSA) is 49.3 Å². The van der Waals surface area contributed by atoms with Crippen molar-refractivity contribution < 1.29 is 9.90 Å². The second-order valence-corrected chi connectivity index (χ2v) is 7.21. The Balaban J connectivity index is 2.36. The quantitative estimate of drug-likeness (QED) is 0.789. The summed E-state index contributed by atoms with van der Waals surface area (Å²) < 4.78 is 0.916. The number of aliphatic hydroxyl groups is 1. The van der Waals surface area contributed by atoms with Crippen LogP contribution in [-0.2, 0) is 0 Å². The van der Waals surface area contributed by atoms with Gasteiger partial charge < -0.3 is 10.4 Å². The highest BCUT2D eigenvalue weighted by molar-refractivity contribution is 7.20. The number of amides is 1. The van der Waals surface area contributed by atoms with Gasteiger partial charge in [0.2, 0.25) is 0 Å². The van der Waals surface area contributed by atoms with Gasteiger partial charge in [-0.15, -0.1) is 11.3 Å². The number of rotatable bonds is 6. The van der Waals surface area contributed by atoms with E-state index in [1.807, 2.05) is 13.8 Å². The Morgan fingerprint density at radius 1 is 1.50 bits per heavy atom. The van der Waals surface area contributed by atoms with Gasteiger partial charge >= 0.3 is 0 Å². The van der Waals surface area contributed by atoms with Crippen LogP contribution in [0.1, 0.15) is 37.0 Å². The first-order chi connectivity index (χ1) is 8.35. The van der Waals surface area contributed by atoms with Gasteiger partial charge in [-0.05, 0) is 24.3 Å². The van der Waals surface area contributed by atoms with E-state index in [4.69, 9.17) is 28.3 Å². The summed E-state index contributed by atoms with van der Waals surface area (Å²) >= 11 is 12.8. The Bertz CT molecular complexity index is 418. The van der Waals surface area contributed by atoms with Crippen LogP contribution in [0.5, 0.6) is 0 Å². The van der Waals surface area contributed by atoms with E-state index in [1.54, 1.807) is 6.07 Å². The van der Waals surface area contributed by atoms with Crippen LogP contribution in [0.3, 0.4) is 0 Å². The van der Waals surface area contributed by atoms with Crippen molar-refractivity contribution in [1.82, 2.24) is 5.32 Å². The number of aliphatic hydroxyl groups excluding tert-OH is 1. The molecular formula is C12H17Cl2NO2S. The fourth-order valence-corrected chi connectivity index (χ4v) is 2.90. The average molecular weight is 310 g/mol. The normalized spacial score (nSPS) is 11.6. The van der Waals surface area contributed by atoms with E-state index in [1.165, 1.54) is 11.3 Å². The summed E-state index contributed by atoms with van der Waals surface area (Å²) in [6, 6.07) is 1.57. The summed E-state index contributed by atoms with van der Waals surface area (Å²) in [4.78, 5) is 11.8. The molecule has 0 aliphatic rings. The summed E-state index contributed by atoms with van der Waals surface area (Å²) in [6.07, 6.45) is 1.66. The second-order valence-electron chi connectivity index (χ2n) is 4.92. The Kier molecular flexibility index (Phi) is 5.92. The summed E-state index contributed by atoms with van der Waals surface area (Å²) in [6.45, 7) is 4.69. The molecule has 18 heavy (non-hydrogen) atoms. The van der Waals surface area contributed by atoms with Crippen molar-refractivity contribution >= 4 is 40.4 Å². The highest BCUT2D eigenvalue weighted by Gasteiger charge is 2.17.